The van der Waals surface area contributed by atoms with E-state index < -0.39 is 17.6 Å². The van der Waals surface area contributed by atoms with Gasteiger partial charge in [-0.1, -0.05) is 5.16 Å². The molecular formula is C13H16N6O4S. The summed E-state index contributed by atoms with van der Waals surface area (Å²) in [6.07, 6.45) is 2.08. The monoisotopic (exact) mass is 352 g/mol. The van der Waals surface area contributed by atoms with Gasteiger partial charge in [0.15, 0.2) is 10.8 Å². The number of aromatic nitrogens is 4. The van der Waals surface area contributed by atoms with Gasteiger partial charge in [-0.05, 0) is 20.8 Å². The Kier molecular flexibility index (Phi) is 5.24. The third-order valence-corrected chi connectivity index (χ3v) is 3.10. The van der Waals surface area contributed by atoms with Gasteiger partial charge in [0.05, 0.1) is 12.4 Å². The van der Waals surface area contributed by atoms with E-state index >= 15 is 0 Å². The number of amides is 1. The standard InChI is InChI=1S/C13H16N6O4S/c1-13(2,3)23-12(21)17-11-16-8(7-24-11)9(18-22-4)10(20)19-14-5-6-15-19/h5-7H,1-4H3,(H,16,17,21). The topological polar surface area (TPSA) is 121 Å². The van der Waals surface area contributed by atoms with Crippen LogP contribution in [0.1, 0.15) is 31.3 Å². The van der Waals surface area contributed by atoms with Crippen LogP contribution >= 0.6 is 11.3 Å². The van der Waals surface area contributed by atoms with Crippen molar-refractivity contribution >= 4 is 34.2 Å². The van der Waals surface area contributed by atoms with Crippen LogP contribution in [0.4, 0.5) is 9.93 Å². The molecule has 2 aromatic heterocycles. The maximum atomic E-state index is 12.3. The lowest BCUT2D eigenvalue weighted by Gasteiger charge is -2.18. The number of carbonyl (C=O) groups excluding carboxylic acids is 2. The van der Waals surface area contributed by atoms with Crippen molar-refractivity contribution in [3.8, 4) is 0 Å². The number of nitrogens with zero attached hydrogens (tertiary/aromatic N) is 5. The molecule has 0 unspecified atom stereocenters. The lowest BCUT2D eigenvalue weighted by molar-refractivity contribution is 0.0635. The highest BCUT2D eigenvalue weighted by Crippen LogP contribution is 2.18. The van der Waals surface area contributed by atoms with Gasteiger partial charge in [-0.2, -0.15) is 10.2 Å². The molecule has 0 radical (unpaired) electrons. The first-order chi connectivity index (χ1) is 11.3. The molecule has 1 N–H and O–H groups in total. The number of rotatable bonds is 4. The predicted molar refractivity (Wildman–Crippen MR) is 86.2 cm³/mol. The first kappa shape index (κ1) is 17.5. The Balaban J connectivity index is 2.16. The molecule has 0 aliphatic carbocycles. The van der Waals surface area contributed by atoms with Crippen LogP contribution in [0.3, 0.4) is 0 Å². The Labute approximate surface area is 141 Å². The largest absolute Gasteiger partial charge is 0.444 e. The van der Waals surface area contributed by atoms with Crippen molar-refractivity contribution in [2.45, 2.75) is 26.4 Å². The quantitative estimate of drug-likeness (QED) is 0.657. The number of carbonyl (C=O) groups is 2. The van der Waals surface area contributed by atoms with E-state index in [1.165, 1.54) is 19.5 Å². The lowest BCUT2D eigenvalue weighted by atomic mass is 10.2. The summed E-state index contributed by atoms with van der Waals surface area (Å²) in [4.78, 5) is 33.7. The summed E-state index contributed by atoms with van der Waals surface area (Å²) in [5.74, 6) is -0.615. The minimum absolute atomic E-state index is 0.0952. The minimum atomic E-state index is -0.645. The Morgan fingerprint density at radius 2 is 1.96 bits per heavy atom. The van der Waals surface area contributed by atoms with Crippen molar-refractivity contribution in [1.29, 1.82) is 0 Å². The van der Waals surface area contributed by atoms with Gasteiger partial charge < -0.3 is 9.57 Å². The summed E-state index contributed by atoms with van der Waals surface area (Å²) in [5, 5.41) is 15.5. The van der Waals surface area contributed by atoms with E-state index in [0.29, 0.717) is 0 Å². The van der Waals surface area contributed by atoms with Crippen LogP contribution in [-0.4, -0.2) is 50.4 Å². The molecule has 11 heteroatoms. The molecule has 0 saturated carbocycles. The summed E-state index contributed by atoms with van der Waals surface area (Å²) in [7, 11) is 1.30. The molecule has 0 saturated heterocycles. The number of anilines is 1. The third kappa shape index (κ3) is 4.59. The Bertz CT molecular complexity index is 747. The van der Waals surface area contributed by atoms with Gasteiger partial charge in [-0.25, -0.2) is 9.78 Å². The molecule has 0 fully saturated rings. The molecule has 0 aliphatic rings. The van der Waals surface area contributed by atoms with E-state index in [2.05, 4.69) is 30.5 Å². The first-order valence-corrected chi connectivity index (χ1v) is 7.66. The molecule has 24 heavy (non-hydrogen) atoms. The highest BCUT2D eigenvalue weighted by Gasteiger charge is 2.23. The summed E-state index contributed by atoms with van der Waals surface area (Å²) in [5.41, 5.74) is -0.508. The number of oxime groups is 1. The maximum Gasteiger partial charge on any atom is 0.413 e. The minimum Gasteiger partial charge on any atom is -0.444 e. The van der Waals surface area contributed by atoms with Gasteiger partial charge in [0, 0.05) is 5.38 Å². The fraction of sp³-hybridized carbons (Fsp3) is 0.385. The van der Waals surface area contributed by atoms with E-state index in [9.17, 15) is 9.59 Å². The van der Waals surface area contributed by atoms with Crippen LogP contribution in [0.15, 0.2) is 22.9 Å². The molecular weight excluding hydrogens is 336 g/mol. The lowest BCUT2D eigenvalue weighted by Crippen LogP contribution is -2.27. The molecule has 0 bridgehead atoms. The molecule has 2 rings (SSSR count). The van der Waals surface area contributed by atoms with Gasteiger partial charge in [0.2, 0.25) is 0 Å². The highest BCUT2D eigenvalue weighted by molar-refractivity contribution is 7.14. The molecule has 0 aromatic carbocycles. The van der Waals surface area contributed by atoms with Crippen LogP contribution in [-0.2, 0) is 9.57 Å². The SMILES string of the molecule is CON=C(C(=O)n1nccn1)c1csc(NC(=O)OC(C)(C)C)n1. The normalized spacial score (nSPS) is 11.9. The maximum absolute atomic E-state index is 12.3. The second-order valence-electron chi connectivity index (χ2n) is 5.41. The summed E-state index contributed by atoms with van der Waals surface area (Å²) >= 11 is 1.11. The van der Waals surface area contributed by atoms with Crippen LogP contribution in [0.25, 0.3) is 0 Å². The zero-order valence-corrected chi connectivity index (χ0v) is 14.3. The molecule has 0 spiro atoms. The van der Waals surface area contributed by atoms with E-state index in [4.69, 9.17) is 4.74 Å². The summed E-state index contributed by atoms with van der Waals surface area (Å²) in [6, 6.07) is 0. The molecule has 10 nitrogen and oxygen atoms in total. The van der Waals surface area contributed by atoms with E-state index in [-0.39, 0.29) is 16.5 Å². The van der Waals surface area contributed by atoms with Gasteiger partial charge >= 0.3 is 12.0 Å². The number of nitrogens with one attached hydrogen (secondary N) is 1. The molecule has 128 valence electrons. The Hall–Kier alpha value is -2.82. The number of hydrogen-bond donors (Lipinski definition) is 1. The van der Waals surface area contributed by atoms with Gasteiger partial charge in [-0.3, -0.25) is 10.1 Å². The zero-order valence-electron chi connectivity index (χ0n) is 13.5. The van der Waals surface area contributed by atoms with Crippen LogP contribution < -0.4 is 5.32 Å². The van der Waals surface area contributed by atoms with Crippen LogP contribution in [0.5, 0.6) is 0 Å². The van der Waals surface area contributed by atoms with Crippen LogP contribution in [0.2, 0.25) is 0 Å². The third-order valence-electron chi connectivity index (χ3n) is 2.34. The number of hydrogen-bond acceptors (Lipinski definition) is 9. The van der Waals surface area contributed by atoms with Gasteiger partial charge in [-0.15, -0.1) is 16.1 Å². The summed E-state index contributed by atoms with van der Waals surface area (Å²) < 4.78 is 5.14. The van der Waals surface area contributed by atoms with Crippen molar-refractivity contribution in [3.05, 3.63) is 23.5 Å². The molecule has 2 heterocycles. The second-order valence-corrected chi connectivity index (χ2v) is 6.27. The van der Waals surface area contributed by atoms with E-state index in [1.807, 2.05) is 0 Å². The zero-order chi connectivity index (χ0) is 17.7. The summed E-state index contributed by atoms with van der Waals surface area (Å²) in [6.45, 7) is 5.25. The smallest absolute Gasteiger partial charge is 0.413 e. The molecule has 0 atom stereocenters. The second kappa shape index (κ2) is 7.17. The fourth-order valence-electron chi connectivity index (χ4n) is 1.53. The van der Waals surface area contributed by atoms with Gasteiger partial charge in [0.25, 0.3) is 0 Å². The Morgan fingerprint density at radius 3 is 2.54 bits per heavy atom. The van der Waals surface area contributed by atoms with E-state index in [0.717, 1.165) is 16.1 Å². The molecule has 2 aromatic rings. The predicted octanol–water partition coefficient (Wildman–Crippen LogP) is 1.77. The van der Waals surface area contributed by atoms with E-state index in [1.54, 1.807) is 26.2 Å². The average molecular weight is 352 g/mol. The number of thiazole rings is 1. The van der Waals surface area contributed by atoms with Crippen molar-refractivity contribution in [2.75, 3.05) is 12.4 Å². The van der Waals surface area contributed by atoms with Gasteiger partial charge in [0.1, 0.15) is 18.4 Å². The first-order valence-electron chi connectivity index (χ1n) is 6.78. The highest BCUT2D eigenvalue weighted by atomic mass is 32.1. The fourth-order valence-corrected chi connectivity index (χ4v) is 2.21. The van der Waals surface area contributed by atoms with Crippen molar-refractivity contribution in [3.63, 3.8) is 0 Å². The molecule has 0 aliphatic heterocycles. The average Bonchev–Trinajstić information content (AvgIpc) is 3.13. The van der Waals surface area contributed by atoms with Crippen molar-refractivity contribution in [1.82, 2.24) is 20.0 Å². The van der Waals surface area contributed by atoms with Crippen molar-refractivity contribution in [2.24, 2.45) is 5.16 Å². The van der Waals surface area contributed by atoms with Crippen LogP contribution in [0, 0.1) is 0 Å². The Morgan fingerprint density at radius 1 is 1.29 bits per heavy atom. The number of ether oxygens (including phenoxy) is 1. The molecule has 1 amide bonds. The van der Waals surface area contributed by atoms with Crippen molar-refractivity contribution < 1.29 is 19.2 Å².